The van der Waals surface area contributed by atoms with E-state index in [0.29, 0.717) is 5.41 Å². The largest absolute Gasteiger partial charge is 0.0590 e. The molecule has 0 heterocycles. The molecule has 0 aliphatic heterocycles. The summed E-state index contributed by atoms with van der Waals surface area (Å²) in [5.74, 6) is 1.69. The van der Waals surface area contributed by atoms with Crippen LogP contribution >= 0.6 is 0 Å². The monoisotopic (exact) mass is 240 g/mol. The molecule has 1 aromatic rings. The van der Waals surface area contributed by atoms with Gasteiger partial charge in [0.15, 0.2) is 0 Å². The predicted octanol–water partition coefficient (Wildman–Crippen LogP) is 4.96. The molecule has 3 aliphatic carbocycles. The summed E-state index contributed by atoms with van der Waals surface area (Å²) in [6.45, 7) is 4.98. The van der Waals surface area contributed by atoms with Crippen LogP contribution in [0.1, 0.15) is 80.0 Å². The van der Waals surface area contributed by atoms with E-state index in [2.05, 4.69) is 26.0 Å². The fourth-order valence-corrected chi connectivity index (χ4v) is 5.16. The zero-order chi connectivity index (χ0) is 12.3. The van der Waals surface area contributed by atoms with Crippen LogP contribution in [0.2, 0.25) is 0 Å². The summed E-state index contributed by atoms with van der Waals surface area (Å²) in [7, 11) is 0. The molecule has 1 saturated carbocycles. The summed E-state index contributed by atoms with van der Waals surface area (Å²) in [6.07, 6.45) is 9.86. The van der Waals surface area contributed by atoms with Crippen LogP contribution in [-0.2, 0) is 12.8 Å². The van der Waals surface area contributed by atoms with Gasteiger partial charge in [0.2, 0.25) is 0 Å². The Balaban J connectivity index is 1.89. The Labute approximate surface area is 111 Å². The molecule has 0 spiro atoms. The third-order valence-corrected chi connectivity index (χ3v) is 6.23. The smallest absolute Gasteiger partial charge is 0.0105 e. The minimum absolute atomic E-state index is 0.628. The van der Waals surface area contributed by atoms with E-state index in [1.165, 1.54) is 44.9 Å². The highest BCUT2D eigenvalue weighted by Gasteiger charge is 2.44. The summed E-state index contributed by atoms with van der Waals surface area (Å²) in [5.41, 5.74) is 7.59. The third kappa shape index (κ3) is 1.32. The fourth-order valence-electron chi connectivity index (χ4n) is 5.16. The maximum absolute atomic E-state index is 2.55. The minimum Gasteiger partial charge on any atom is -0.0590 e. The highest BCUT2D eigenvalue weighted by atomic mass is 14.5. The summed E-state index contributed by atoms with van der Waals surface area (Å²) in [6, 6.07) is 4.96. The summed E-state index contributed by atoms with van der Waals surface area (Å²) < 4.78 is 0. The normalized spacial score (nSPS) is 37.2. The van der Waals surface area contributed by atoms with Crippen molar-refractivity contribution < 1.29 is 0 Å². The first-order chi connectivity index (χ1) is 8.69. The zero-order valence-corrected chi connectivity index (χ0v) is 11.8. The van der Waals surface area contributed by atoms with Crippen LogP contribution in [0.25, 0.3) is 0 Å². The topological polar surface area (TPSA) is 0 Å². The van der Waals surface area contributed by atoms with Crippen LogP contribution < -0.4 is 0 Å². The van der Waals surface area contributed by atoms with Crippen molar-refractivity contribution in [1.29, 1.82) is 0 Å². The first-order valence-corrected chi connectivity index (χ1v) is 7.83. The Morgan fingerprint density at radius 3 is 2.89 bits per heavy atom. The molecule has 3 unspecified atom stereocenters. The van der Waals surface area contributed by atoms with Crippen LogP contribution in [0.4, 0.5) is 0 Å². The van der Waals surface area contributed by atoms with Gasteiger partial charge in [-0.3, -0.25) is 0 Å². The van der Waals surface area contributed by atoms with E-state index in [1.54, 1.807) is 22.3 Å². The minimum atomic E-state index is 0.628. The molecule has 3 aliphatic rings. The highest BCUT2D eigenvalue weighted by Crippen LogP contribution is 2.57. The highest BCUT2D eigenvalue weighted by molar-refractivity contribution is 5.49. The molecule has 18 heavy (non-hydrogen) atoms. The molecule has 0 saturated heterocycles. The van der Waals surface area contributed by atoms with Gasteiger partial charge >= 0.3 is 0 Å². The second kappa shape index (κ2) is 3.62. The van der Waals surface area contributed by atoms with Crippen LogP contribution in [0.5, 0.6) is 0 Å². The van der Waals surface area contributed by atoms with E-state index in [1.807, 2.05) is 0 Å². The zero-order valence-electron chi connectivity index (χ0n) is 11.8. The number of aryl methyl sites for hydroxylation is 1. The lowest BCUT2D eigenvalue weighted by Gasteiger charge is -2.39. The van der Waals surface area contributed by atoms with Crippen molar-refractivity contribution in [3.63, 3.8) is 0 Å². The van der Waals surface area contributed by atoms with E-state index < -0.39 is 0 Å². The van der Waals surface area contributed by atoms with E-state index in [0.717, 1.165) is 11.8 Å². The van der Waals surface area contributed by atoms with Crippen molar-refractivity contribution in [2.75, 3.05) is 0 Å². The van der Waals surface area contributed by atoms with E-state index in [9.17, 15) is 0 Å². The van der Waals surface area contributed by atoms with E-state index in [-0.39, 0.29) is 0 Å². The molecular formula is C18H24. The molecule has 0 heteroatoms. The molecule has 4 rings (SSSR count). The van der Waals surface area contributed by atoms with Crippen LogP contribution in [0.15, 0.2) is 12.1 Å². The standard InChI is InChI=1S/C18H24/c1-12-5-6-13-7-8-14-15(17(12)13)9-11-18(2)10-3-4-16(14)18/h7-8,12,16H,3-6,9-11H2,1-2H3. The first kappa shape index (κ1) is 11.1. The summed E-state index contributed by atoms with van der Waals surface area (Å²) in [5, 5.41) is 0. The maximum atomic E-state index is 2.55. The van der Waals surface area contributed by atoms with Gasteiger partial charge in [-0.15, -0.1) is 0 Å². The number of rotatable bonds is 0. The van der Waals surface area contributed by atoms with Crippen molar-refractivity contribution in [1.82, 2.24) is 0 Å². The molecule has 0 nitrogen and oxygen atoms in total. The summed E-state index contributed by atoms with van der Waals surface area (Å²) in [4.78, 5) is 0. The Bertz CT molecular complexity index is 499. The van der Waals surface area contributed by atoms with Gasteiger partial charge in [-0.05, 0) is 78.0 Å². The quantitative estimate of drug-likeness (QED) is 0.601. The molecule has 0 N–H and O–H groups in total. The lowest BCUT2D eigenvalue weighted by Crippen LogP contribution is -2.27. The van der Waals surface area contributed by atoms with Gasteiger partial charge in [-0.1, -0.05) is 32.4 Å². The second-order valence-corrected chi connectivity index (χ2v) is 7.24. The van der Waals surface area contributed by atoms with Gasteiger partial charge in [-0.25, -0.2) is 0 Å². The van der Waals surface area contributed by atoms with Crippen molar-refractivity contribution in [3.05, 3.63) is 34.4 Å². The molecular weight excluding hydrogens is 216 g/mol. The molecule has 0 bridgehead atoms. The van der Waals surface area contributed by atoms with Crippen molar-refractivity contribution >= 4 is 0 Å². The lowest BCUT2D eigenvalue weighted by atomic mass is 9.65. The van der Waals surface area contributed by atoms with E-state index in [4.69, 9.17) is 0 Å². The summed E-state index contributed by atoms with van der Waals surface area (Å²) >= 11 is 0. The van der Waals surface area contributed by atoms with E-state index >= 15 is 0 Å². The van der Waals surface area contributed by atoms with Gasteiger partial charge < -0.3 is 0 Å². The lowest BCUT2D eigenvalue weighted by molar-refractivity contribution is 0.251. The Kier molecular flexibility index (Phi) is 2.23. The van der Waals surface area contributed by atoms with Gasteiger partial charge in [0, 0.05) is 0 Å². The van der Waals surface area contributed by atoms with Crippen molar-refractivity contribution in [3.8, 4) is 0 Å². The number of benzene rings is 1. The van der Waals surface area contributed by atoms with Crippen molar-refractivity contribution in [2.24, 2.45) is 5.41 Å². The Morgan fingerprint density at radius 1 is 1.11 bits per heavy atom. The fraction of sp³-hybridized carbons (Fsp3) is 0.667. The number of hydrogen-bond donors (Lipinski definition) is 0. The Morgan fingerprint density at radius 2 is 2.00 bits per heavy atom. The van der Waals surface area contributed by atoms with Crippen molar-refractivity contribution in [2.45, 2.75) is 70.6 Å². The van der Waals surface area contributed by atoms with Crippen LogP contribution in [0.3, 0.4) is 0 Å². The molecule has 96 valence electrons. The first-order valence-electron chi connectivity index (χ1n) is 7.83. The number of hydrogen-bond acceptors (Lipinski definition) is 0. The third-order valence-electron chi connectivity index (χ3n) is 6.23. The molecule has 0 aromatic heterocycles. The van der Waals surface area contributed by atoms with Gasteiger partial charge in [0.1, 0.15) is 0 Å². The second-order valence-electron chi connectivity index (χ2n) is 7.24. The van der Waals surface area contributed by atoms with Gasteiger partial charge in [0.25, 0.3) is 0 Å². The SMILES string of the molecule is CC1CCc2ccc3c(c21)CCC1(C)CCCC31. The molecule has 1 aromatic carbocycles. The van der Waals surface area contributed by atoms with Crippen LogP contribution in [0, 0.1) is 5.41 Å². The molecule has 0 amide bonds. The molecule has 0 radical (unpaired) electrons. The van der Waals surface area contributed by atoms with Gasteiger partial charge in [0.05, 0.1) is 0 Å². The van der Waals surface area contributed by atoms with Crippen LogP contribution in [-0.4, -0.2) is 0 Å². The molecule has 1 fully saturated rings. The predicted molar refractivity (Wildman–Crippen MR) is 76.2 cm³/mol. The average molecular weight is 240 g/mol. The number of fused-ring (bicyclic) bond motifs is 5. The average Bonchev–Trinajstić information content (AvgIpc) is 2.92. The maximum Gasteiger partial charge on any atom is -0.0105 e. The Hall–Kier alpha value is -0.780. The molecule has 3 atom stereocenters. The van der Waals surface area contributed by atoms with Gasteiger partial charge in [-0.2, -0.15) is 0 Å².